The van der Waals surface area contributed by atoms with Crippen LogP contribution in [0.5, 0.6) is 0 Å². The van der Waals surface area contributed by atoms with Gasteiger partial charge in [0.05, 0.1) is 18.3 Å². The van der Waals surface area contributed by atoms with Crippen LogP contribution in [-0.4, -0.2) is 33.2 Å². The van der Waals surface area contributed by atoms with Crippen molar-refractivity contribution in [2.24, 2.45) is 5.92 Å². The van der Waals surface area contributed by atoms with Gasteiger partial charge >= 0.3 is 0 Å². The minimum absolute atomic E-state index is 0.200. The Morgan fingerprint density at radius 3 is 2.82 bits per heavy atom. The molecule has 1 fully saturated rings. The van der Waals surface area contributed by atoms with Crippen LogP contribution in [0.25, 0.3) is 0 Å². The molecule has 0 saturated carbocycles. The molecule has 1 aliphatic heterocycles. The Labute approximate surface area is 133 Å². The first-order chi connectivity index (χ1) is 10.6. The van der Waals surface area contributed by atoms with Crippen LogP contribution in [0.1, 0.15) is 49.9 Å². The summed E-state index contributed by atoms with van der Waals surface area (Å²) in [6.45, 7) is 5.89. The van der Waals surface area contributed by atoms with Crippen molar-refractivity contribution in [3.63, 3.8) is 0 Å². The molecule has 1 aromatic heterocycles. The second-order valence-electron chi connectivity index (χ2n) is 6.77. The van der Waals surface area contributed by atoms with Crippen LogP contribution in [0, 0.1) is 19.8 Å². The summed E-state index contributed by atoms with van der Waals surface area (Å²) < 4.78 is 2.08. The molecule has 0 N–H and O–H groups in total. The van der Waals surface area contributed by atoms with Gasteiger partial charge in [-0.1, -0.05) is 12.2 Å². The summed E-state index contributed by atoms with van der Waals surface area (Å²) in [4.78, 5) is 15.1. The molecule has 2 atom stereocenters. The highest BCUT2D eigenvalue weighted by Crippen LogP contribution is 2.26. The average Bonchev–Trinajstić information content (AvgIpc) is 2.86. The van der Waals surface area contributed by atoms with Gasteiger partial charge in [0.1, 0.15) is 0 Å². The van der Waals surface area contributed by atoms with Crippen molar-refractivity contribution < 1.29 is 4.79 Å². The smallest absolute Gasteiger partial charge is 0.226 e. The highest BCUT2D eigenvalue weighted by Gasteiger charge is 2.31. The van der Waals surface area contributed by atoms with Gasteiger partial charge in [0.15, 0.2) is 0 Å². The van der Waals surface area contributed by atoms with Gasteiger partial charge < -0.3 is 4.90 Å². The van der Waals surface area contributed by atoms with Gasteiger partial charge in [-0.15, -0.1) is 0 Å². The number of aromatic nitrogens is 2. The predicted octanol–water partition coefficient (Wildman–Crippen LogP) is 3.24. The number of hydrogen-bond donors (Lipinski definition) is 0. The van der Waals surface area contributed by atoms with Crippen LogP contribution in [0.4, 0.5) is 0 Å². The Hall–Kier alpha value is -1.58. The molecule has 1 aromatic rings. The Bertz CT molecular complexity index is 561. The van der Waals surface area contributed by atoms with E-state index in [0.717, 1.165) is 50.9 Å². The van der Waals surface area contributed by atoms with Crippen molar-refractivity contribution in [1.82, 2.24) is 14.7 Å². The molecule has 22 heavy (non-hydrogen) atoms. The Morgan fingerprint density at radius 2 is 2.14 bits per heavy atom. The number of rotatable bonds is 3. The number of piperidine rings is 1. The van der Waals surface area contributed by atoms with E-state index in [9.17, 15) is 4.79 Å². The topological polar surface area (TPSA) is 38.1 Å². The van der Waals surface area contributed by atoms with Gasteiger partial charge in [-0.3, -0.25) is 9.48 Å². The van der Waals surface area contributed by atoms with Crippen LogP contribution < -0.4 is 0 Å². The zero-order valence-corrected chi connectivity index (χ0v) is 13.8. The lowest BCUT2D eigenvalue weighted by atomic mass is 9.91. The van der Waals surface area contributed by atoms with Crippen molar-refractivity contribution in [1.29, 1.82) is 0 Å². The minimum Gasteiger partial charge on any atom is -0.338 e. The molecule has 1 saturated heterocycles. The van der Waals surface area contributed by atoms with E-state index in [1.807, 2.05) is 6.92 Å². The van der Waals surface area contributed by atoms with Crippen LogP contribution in [-0.2, 0) is 11.3 Å². The Kier molecular flexibility index (Phi) is 4.65. The molecule has 2 aliphatic rings. The first-order valence-electron chi connectivity index (χ1n) is 8.61. The second-order valence-corrected chi connectivity index (χ2v) is 6.77. The maximum absolute atomic E-state index is 12.9. The molecule has 0 radical (unpaired) electrons. The SMILES string of the molecule is Cc1cc(C)n(CC2CCCCN2C(=O)C2CC=CCC2)n1. The molecule has 120 valence electrons. The lowest BCUT2D eigenvalue weighted by Crippen LogP contribution is -2.48. The zero-order chi connectivity index (χ0) is 15.5. The molecular formula is C18H27N3O. The molecule has 0 aromatic carbocycles. The van der Waals surface area contributed by atoms with Gasteiger partial charge in [0, 0.05) is 18.2 Å². The average molecular weight is 301 g/mol. The number of aryl methyl sites for hydroxylation is 2. The van der Waals surface area contributed by atoms with Gasteiger partial charge in [-0.25, -0.2) is 0 Å². The van der Waals surface area contributed by atoms with Gasteiger partial charge in [-0.2, -0.15) is 5.10 Å². The quantitative estimate of drug-likeness (QED) is 0.804. The fraction of sp³-hybridized carbons (Fsp3) is 0.667. The summed E-state index contributed by atoms with van der Waals surface area (Å²) >= 11 is 0. The van der Waals surface area contributed by atoms with Crippen molar-refractivity contribution in [2.75, 3.05) is 6.54 Å². The molecular weight excluding hydrogens is 274 g/mol. The fourth-order valence-electron chi connectivity index (χ4n) is 3.79. The second kappa shape index (κ2) is 6.67. The summed E-state index contributed by atoms with van der Waals surface area (Å²) in [6, 6.07) is 2.42. The van der Waals surface area contributed by atoms with E-state index in [4.69, 9.17) is 0 Å². The third kappa shape index (κ3) is 3.26. The number of carbonyl (C=O) groups is 1. The minimum atomic E-state index is 0.200. The first-order valence-corrected chi connectivity index (χ1v) is 8.61. The molecule has 1 aliphatic carbocycles. The van der Waals surface area contributed by atoms with Gasteiger partial charge in [0.25, 0.3) is 0 Å². The molecule has 3 rings (SSSR count). The maximum atomic E-state index is 12.9. The molecule has 1 amide bonds. The normalized spacial score (nSPS) is 25.5. The van der Waals surface area contributed by atoms with Crippen LogP contribution in [0.3, 0.4) is 0 Å². The highest BCUT2D eigenvalue weighted by molar-refractivity contribution is 5.79. The molecule has 4 heteroatoms. The van der Waals surface area contributed by atoms with Crippen molar-refractivity contribution >= 4 is 5.91 Å². The van der Waals surface area contributed by atoms with Crippen LogP contribution in [0.15, 0.2) is 18.2 Å². The Balaban J connectivity index is 1.71. The maximum Gasteiger partial charge on any atom is 0.226 e. The number of carbonyl (C=O) groups excluding carboxylic acids is 1. The van der Waals surface area contributed by atoms with Gasteiger partial charge in [-0.05, 0) is 58.4 Å². The van der Waals surface area contributed by atoms with Crippen molar-refractivity contribution in [2.45, 2.75) is 65.0 Å². The summed E-state index contributed by atoms with van der Waals surface area (Å²) in [5.74, 6) is 0.571. The van der Waals surface area contributed by atoms with Gasteiger partial charge in [0.2, 0.25) is 5.91 Å². The lowest BCUT2D eigenvalue weighted by Gasteiger charge is -2.38. The molecule has 2 heterocycles. The largest absolute Gasteiger partial charge is 0.338 e. The summed E-state index contributed by atoms with van der Waals surface area (Å²) in [7, 11) is 0. The van der Waals surface area contributed by atoms with E-state index >= 15 is 0 Å². The van der Waals surface area contributed by atoms with E-state index < -0.39 is 0 Å². The molecule has 0 bridgehead atoms. The monoisotopic (exact) mass is 301 g/mol. The summed E-state index contributed by atoms with van der Waals surface area (Å²) in [5.41, 5.74) is 2.25. The number of likely N-dealkylation sites (tertiary alicyclic amines) is 1. The third-order valence-electron chi connectivity index (χ3n) is 5.02. The van der Waals surface area contributed by atoms with Crippen molar-refractivity contribution in [3.05, 3.63) is 29.6 Å². The van der Waals surface area contributed by atoms with E-state index in [0.29, 0.717) is 11.9 Å². The Morgan fingerprint density at radius 1 is 1.27 bits per heavy atom. The lowest BCUT2D eigenvalue weighted by molar-refractivity contribution is -0.140. The summed E-state index contributed by atoms with van der Waals surface area (Å²) in [6.07, 6.45) is 10.8. The fourth-order valence-corrected chi connectivity index (χ4v) is 3.79. The molecule has 2 unspecified atom stereocenters. The number of nitrogens with zero attached hydrogens (tertiary/aromatic N) is 3. The first kappa shape index (κ1) is 15.3. The predicted molar refractivity (Wildman–Crippen MR) is 87.5 cm³/mol. The number of amides is 1. The third-order valence-corrected chi connectivity index (χ3v) is 5.02. The van der Waals surface area contributed by atoms with E-state index in [1.165, 1.54) is 12.1 Å². The van der Waals surface area contributed by atoms with Crippen LogP contribution in [0.2, 0.25) is 0 Å². The van der Waals surface area contributed by atoms with Crippen LogP contribution >= 0.6 is 0 Å². The molecule has 4 nitrogen and oxygen atoms in total. The number of hydrogen-bond acceptors (Lipinski definition) is 2. The number of allylic oxidation sites excluding steroid dienone is 2. The summed E-state index contributed by atoms with van der Waals surface area (Å²) in [5, 5.41) is 4.58. The zero-order valence-electron chi connectivity index (χ0n) is 13.8. The standard InChI is InChI=1S/C18H27N3O/c1-14-12-15(2)21(19-14)13-17-10-6-7-11-20(17)18(22)16-8-4-3-5-9-16/h3-4,12,16-17H,5-11,13H2,1-2H3. The molecule has 0 spiro atoms. The van der Waals surface area contributed by atoms with E-state index in [2.05, 4.69) is 39.8 Å². The van der Waals surface area contributed by atoms with Crippen molar-refractivity contribution in [3.8, 4) is 0 Å². The van der Waals surface area contributed by atoms with E-state index in [-0.39, 0.29) is 5.92 Å². The van der Waals surface area contributed by atoms with E-state index in [1.54, 1.807) is 0 Å². The highest BCUT2D eigenvalue weighted by atomic mass is 16.2.